The number of aliphatic hydroxyl groups is 3. The van der Waals surface area contributed by atoms with Crippen molar-refractivity contribution in [1.29, 1.82) is 0 Å². The molecule has 0 amide bonds. The number of ether oxygens (including phenoxy) is 1. The molecule has 4 unspecified atom stereocenters. The van der Waals surface area contributed by atoms with Crippen LogP contribution in [0.5, 0.6) is 0 Å². The summed E-state index contributed by atoms with van der Waals surface area (Å²) < 4.78 is 7.04. The summed E-state index contributed by atoms with van der Waals surface area (Å²) in [5.74, 6) is 2.76. The molecule has 2 aliphatic rings. The normalized spacial score (nSPS) is 32.0. The average Bonchev–Trinajstić information content (AvgIpc) is 3.26. The molecule has 1 aliphatic carbocycles. The Morgan fingerprint density at radius 3 is 2.80 bits per heavy atom. The summed E-state index contributed by atoms with van der Waals surface area (Å²) in [4.78, 5) is 12.6. The number of nitrogen functional groups attached to an aromatic ring is 1. The standard InChI is InChI=1S/C15H18N6O4/c1-2-15(5-22)10(24)9(23)13(25-15)21-6-17-8-11(18-7-3-4-7)19-14(16)20-12(8)21/h1,6-7,9-10,13,22-24H,3-5H2,(H3,16,18,19,20). The maximum atomic E-state index is 10.4. The molecule has 1 aliphatic heterocycles. The fourth-order valence-corrected chi connectivity index (χ4v) is 2.95. The lowest BCUT2D eigenvalue weighted by Crippen LogP contribution is -2.44. The molecule has 4 atom stereocenters. The lowest BCUT2D eigenvalue weighted by molar-refractivity contribution is -0.0910. The van der Waals surface area contributed by atoms with Crippen LogP contribution < -0.4 is 11.1 Å². The Bertz CT molecular complexity index is 860. The largest absolute Gasteiger partial charge is 0.392 e. The van der Waals surface area contributed by atoms with Gasteiger partial charge in [-0.15, -0.1) is 6.42 Å². The van der Waals surface area contributed by atoms with Crippen molar-refractivity contribution in [2.75, 3.05) is 17.7 Å². The molecule has 0 aromatic carbocycles. The summed E-state index contributed by atoms with van der Waals surface area (Å²) in [6.45, 7) is -0.642. The molecule has 10 heteroatoms. The van der Waals surface area contributed by atoms with E-state index in [1.807, 2.05) is 0 Å². The van der Waals surface area contributed by atoms with Crippen LogP contribution in [-0.4, -0.2) is 65.3 Å². The first kappa shape index (κ1) is 16.0. The highest BCUT2D eigenvalue weighted by Gasteiger charge is 2.54. The summed E-state index contributed by atoms with van der Waals surface area (Å²) in [5, 5.41) is 33.3. The maximum Gasteiger partial charge on any atom is 0.224 e. The molecule has 1 saturated heterocycles. The number of anilines is 2. The first-order chi connectivity index (χ1) is 12.0. The molecule has 0 spiro atoms. The second-order valence-corrected chi connectivity index (χ2v) is 6.31. The zero-order chi connectivity index (χ0) is 17.8. The predicted molar refractivity (Wildman–Crippen MR) is 87.2 cm³/mol. The van der Waals surface area contributed by atoms with Crippen molar-refractivity contribution >= 4 is 22.9 Å². The van der Waals surface area contributed by atoms with Gasteiger partial charge in [0.1, 0.15) is 12.2 Å². The maximum absolute atomic E-state index is 10.4. The van der Waals surface area contributed by atoms with Crippen LogP contribution in [0.1, 0.15) is 19.1 Å². The molecule has 1 saturated carbocycles. The van der Waals surface area contributed by atoms with Crippen molar-refractivity contribution in [2.45, 2.75) is 42.9 Å². The molecule has 6 N–H and O–H groups in total. The number of hydrogen-bond donors (Lipinski definition) is 5. The Labute approximate surface area is 142 Å². The van der Waals surface area contributed by atoms with Gasteiger partial charge in [0.15, 0.2) is 28.8 Å². The number of imidazole rings is 1. The van der Waals surface area contributed by atoms with Gasteiger partial charge in [-0.1, -0.05) is 5.92 Å². The van der Waals surface area contributed by atoms with Crippen LogP contribution in [-0.2, 0) is 4.74 Å². The second kappa shape index (κ2) is 5.53. The molecule has 4 rings (SSSR count). The van der Waals surface area contributed by atoms with Crippen LogP contribution in [0.3, 0.4) is 0 Å². The highest BCUT2D eigenvalue weighted by Crippen LogP contribution is 2.38. The van der Waals surface area contributed by atoms with Gasteiger partial charge < -0.3 is 31.1 Å². The number of nitrogens with two attached hydrogens (primary N) is 1. The van der Waals surface area contributed by atoms with Gasteiger partial charge >= 0.3 is 0 Å². The van der Waals surface area contributed by atoms with Crippen LogP contribution in [0.15, 0.2) is 6.33 Å². The first-order valence-corrected chi connectivity index (χ1v) is 7.88. The van der Waals surface area contributed by atoms with E-state index in [1.54, 1.807) is 0 Å². The Kier molecular flexibility index (Phi) is 3.55. The lowest BCUT2D eigenvalue weighted by Gasteiger charge is -2.23. The minimum atomic E-state index is -1.70. The van der Waals surface area contributed by atoms with Gasteiger partial charge in [-0.2, -0.15) is 9.97 Å². The molecular formula is C15H18N6O4. The summed E-state index contributed by atoms with van der Waals surface area (Å²) in [5.41, 5.74) is 4.88. The summed E-state index contributed by atoms with van der Waals surface area (Å²) >= 11 is 0. The van der Waals surface area contributed by atoms with E-state index in [-0.39, 0.29) is 5.95 Å². The zero-order valence-corrected chi connectivity index (χ0v) is 13.2. The van der Waals surface area contributed by atoms with E-state index >= 15 is 0 Å². The van der Waals surface area contributed by atoms with E-state index in [0.717, 1.165) is 12.8 Å². The quantitative estimate of drug-likeness (QED) is 0.421. The van der Waals surface area contributed by atoms with E-state index in [9.17, 15) is 15.3 Å². The Balaban J connectivity index is 1.77. The molecule has 2 fully saturated rings. The lowest BCUT2D eigenvalue weighted by atomic mass is 9.97. The third kappa shape index (κ3) is 2.40. The Morgan fingerprint density at radius 1 is 1.44 bits per heavy atom. The van der Waals surface area contributed by atoms with Crippen molar-refractivity contribution in [1.82, 2.24) is 19.5 Å². The van der Waals surface area contributed by atoms with Crippen molar-refractivity contribution in [3.63, 3.8) is 0 Å². The molecule has 2 aromatic rings. The van der Waals surface area contributed by atoms with Crippen molar-refractivity contribution < 1.29 is 20.1 Å². The number of hydrogen-bond acceptors (Lipinski definition) is 9. The van der Waals surface area contributed by atoms with E-state index in [1.165, 1.54) is 10.9 Å². The molecule has 2 aromatic heterocycles. The predicted octanol–water partition coefficient (Wildman–Crippen LogP) is -1.40. The van der Waals surface area contributed by atoms with Crippen molar-refractivity contribution in [2.24, 2.45) is 0 Å². The summed E-state index contributed by atoms with van der Waals surface area (Å²) in [6, 6.07) is 0.335. The molecule has 3 heterocycles. The number of rotatable bonds is 4. The van der Waals surface area contributed by atoms with E-state index in [2.05, 4.69) is 26.2 Å². The van der Waals surface area contributed by atoms with Gasteiger partial charge in [-0.25, -0.2) is 4.98 Å². The number of aliphatic hydroxyl groups excluding tert-OH is 3. The molecular weight excluding hydrogens is 328 g/mol. The highest BCUT2D eigenvalue weighted by molar-refractivity contribution is 5.84. The number of fused-ring (bicyclic) bond motifs is 1. The topological polar surface area (TPSA) is 152 Å². The van der Waals surface area contributed by atoms with Gasteiger partial charge in [0, 0.05) is 6.04 Å². The van der Waals surface area contributed by atoms with Crippen LogP contribution >= 0.6 is 0 Å². The zero-order valence-electron chi connectivity index (χ0n) is 13.2. The van der Waals surface area contributed by atoms with Gasteiger partial charge in [-0.3, -0.25) is 4.57 Å². The average molecular weight is 346 g/mol. The molecule has 0 radical (unpaired) electrons. The number of terminal acetylenes is 1. The number of nitrogens with one attached hydrogen (secondary N) is 1. The third-order valence-electron chi connectivity index (χ3n) is 4.53. The SMILES string of the molecule is C#CC1(CO)OC(n2cnc3c(NC4CC4)nc(N)nc32)C(O)C1O. The van der Waals surface area contributed by atoms with E-state index < -0.39 is 30.6 Å². The minimum absolute atomic E-state index is 0.0378. The first-order valence-electron chi connectivity index (χ1n) is 7.88. The van der Waals surface area contributed by atoms with Crippen molar-refractivity contribution in [3.05, 3.63) is 6.33 Å². The van der Waals surface area contributed by atoms with E-state index in [0.29, 0.717) is 23.0 Å². The highest BCUT2D eigenvalue weighted by atomic mass is 16.6. The summed E-state index contributed by atoms with van der Waals surface area (Å²) in [6.07, 6.45) is 4.96. The van der Waals surface area contributed by atoms with Crippen molar-refractivity contribution in [3.8, 4) is 12.3 Å². The second-order valence-electron chi connectivity index (χ2n) is 6.31. The molecule has 0 bridgehead atoms. The van der Waals surface area contributed by atoms with Crippen LogP contribution in [0, 0.1) is 12.3 Å². The van der Waals surface area contributed by atoms with Crippen LogP contribution in [0.25, 0.3) is 11.2 Å². The van der Waals surface area contributed by atoms with Crippen LogP contribution in [0.2, 0.25) is 0 Å². The molecule has 132 valence electrons. The Morgan fingerprint density at radius 2 is 2.20 bits per heavy atom. The van der Waals surface area contributed by atoms with Gasteiger partial charge in [-0.05, 0) is 12.8 Å². The number of aromatic nitrogens is 4. The minimum Gasteiger partial charge on any atom is -0.392 e. The Hall–Kier alpha value is -2.45. The fourth-order valence-electron chi connectivity index (χ4n) is 2.95. The summed E-state index contributed by atoms with van der Waals surface area (Å²) in [7, 11) is 0. The van der Waals surface area contributed by atoms with Gasteiger partial charge in [0.2, 0.25) is 5.95 Å². The molecule has 25 heavy (non-hydrogen) atoms. The number of nitrogens with zero attached hydrogens (tertiary/aromatic N) is 4. The monoisotopic (exact) mass is 346 g/mol. The van der Waals surface area contributed by atoms with Gasteiger partial charge in [0.05, 0.1) is 12.9 Å². The van der Waals surface area contributed by atoms with Crippen LogP contribution in [0.4, 0.5) is 11.8 Å². The smallest absolute Gasteiger partial charge is 0.224 e. The van der Waals surface area contributed by atoms with Gasteiger partial charge in [0.25, 0.3) is 0 Å². The fraction of sp³-hybridized carbons (Fsp3) is 0.533. The molecule has 10 nitrogen and oxygen atoms in total. The third-order valence-corrected chi connectivity index (χ3v) is 4.53. The van der Waals surface area contributed by atoms with E-state index in [4.69, 9.17) is 16.9 Å².